The van der Waals surface area contributed by atoms with Gasteiger partial charge in [-0.2, -0.15) is 0 Å². The Kier molecular flexibility index (Phi) is 2.87. The summed E-state index contributed by atoms with van der Waals surface area (Å²) in [4.78, 5) is 21.4. The van der Waals surface area contributed by atoms with Crippen LogP contribution in [0.5, 0.6) is 0 Å². The number of aromatic nitrogens is 1. The highest BCUT2D eigenvalue weighted by molar-refractivity contribution is 7.07. The molecule has 0 unspecified atom stereocenters. The van der Waals surface area contributed by atoms with Crippen LogP contribution in [-0.4, -0.2) is 15.6 Å². The van der Waals surface area contributed by atoms with Gasteiger partial charge in [-0.25, -0.2) is 0 Å². The van der Waals surface area contributed by atoms with Crippen LogP contribution in [0.3, 0.4) is 0 Å². The fourth-order valence-electron chi connectivity index (χ4n) is 1.08. The largest absolute Gasteiger partial charge is 0.480 e. The summed E-state index contributed by atoms with van der Waals surface area (Å²) >= 11 is 1.05. The molecule has 0 amide bonds. The number of hydrogen-bond acceptors (Lipinski definition) is 3. The van der Waals surface area contributed by atoms with Gasteiger partial charge in [-0.05, 0) is 5.92 Å². The van der Waals surface area contributed by atoms with Crippen LogP contribution < -0.4 is 4.87 Å². The van der Waals surface area contributed by atoms with E-state index < -0.39 is 5.97 Å². The lowest BCUT2D eigenvalue weighted by atomic mass is 10.1. The van der Waals surface area contributed by atoms with Crippen LogP contribution in [0.2, 0.25) is 0 Å². The van der Waals surface area contributed by atoms with Gasteiger partial charge in [-0.1, -0.05) is 25.2 Å². The van der Waals surface area contributed by atoms with E-state index in [1.54, 1.807) is 5.38 Å². The van der Waals surface area contributed by atoms with Crippen molar-refractivity contribution in [1.29, 1.82) is 0 Å². The Hall–Kier alpha value is -1.10. The van der Waals surface area contributed by atoms with Crippen LogP contribution in [-0.2, 0) is 11.3 Å². The molecule has 0 aliphatic rings. The second-order valence-electron chi connectivity index (χ2n) is 3.06. The highest BCUT2D eigenvalue weighted by atomic mass is 32.1. The molecule has 0 fully saturated rings. The van der Waals surface area contributed by atoms with Crippen molar-refractivity contribution in [3.63, 3.8) is 0 Å². The van der Waals surface area contributed by atoms with Gasteiger partial charge in [-0.3, -0.25) is 14.2 Å². The third-order valence-corrected chi connectivity index (χ3v) is 2.48. The van der Waals surface area contributed by atoms with Crippen molar-refractivity contribution in [1.82, 2.24) is 4.57 Å². The first kappa shape index (κ1) is 9.98. The molecule has 0 aliphatic heterocycles. The Morgan fingerprint density at radius 1 is 1.69 bits per heavy atom. The molecule has 0 aromatic carbocycles. The summed E-state index contributed by atoms with van der Waals surface area (Å²) in [5.41, 5.74) is 0.789. The first-order chi connectivity index (χ1) is 6.02. The zero-order chi connectivity index (χ0) is 10.0. The zero-order valence-electron chi connectivity index (χ0n) is 7.48. The molecule has 0 atom stereocenters. The summed E-state index contributed by atoms with van der Waals surface area (Å²) in [6, 6.07) is 0. The van der Waals surface area contributed by atoms with Crippen molar-refractivity contribution in [2.45, 2.75) is 26.3 Å². The van der Waals surface area contributed by atoms with Crippen LogP contribution in [0.25, 0.3) is 0 Å². The van der Waals surface area contributed by atoms with Crippen LogP contribution in [0.15, 0.2) is 10.2 Å². The van der Waals surface area contributed by atoms with Crippen molar-refractivity contribution in [2.75, 3.05) is 0 Å². The molecule has 0 saturated carbocycles. The van der Waals surface area contributed by atoms with Gasteiger partial charge in [0.25, 0.3) is 0 Å². The first-order valence-corrected chi connectivity index (χ1v) is 4.80. The summed E-state index contributed by atoms with van der Waals surface area (Å²) in [7, 11) is 0. The van der Waals surface area contributed by atoms with E-state index in [1.807, 2.05) is 13.8 Å². The van der Waals surface area contributed by atoms with E-state index in [0.717, 1.165) is 17.0 Å². The molecule has 1 aromatic heterocycles. The SMILES string of the molecule is CC(C)c1csc(=O)n1CC(=O)O. The smallest absolute Gasteiger partial charge is 0.323 e. The second-order valence-corrected chi connectivity index (χ2v) is 3.88. The van der Waals surface area contributed by atoms with Crippen molar-refractivity contribution in [3.05, 3.63) is 20.7 Å². The summed E-state index contributed by atoms with van der Waals surface area (Å²) < 4.78 is 1.30. The van der Waals surface area contributed by atoms with Gasteiger partial charge < -0.3 is 5.11 Å². The molecular weight excluding hydrogens is 190 g/mol. The minimum Gasteiger partial charge on any atom is -0.480 e. The predicted molar refractivity (Wildman–Crippen MR) is 50.3 cm³/mol. The lowest BCUT2D eigenvalue weighted by Gasteiger charge is -2.06. The summed E-state index contributed by atoms with van der Waals surface area (Å²) in [6.07, 6.45) is 0. The number of nitrogens with zero attached hydrogens (tertiary/aromatic N) is 1. The van der Waals surface area contributed by atoms with Crippen molar-refractivity contribution < 1.29 is 9.90 Å². The van der Waals surface area contributed by atoms with E-state index in [4.69, 9.17) is 5.11 Å². The van der Waals surface area contributed by atoms with E-state index >= 15 is 0 Å². The highest BCUT2D eigenvalue weighted by Gasteiger charge is 2.11. The van der Waals surface area contributed by atoms with Gasteiger partial charge in [0, 0.05) is 11.1 Å². The molecule has 0 saturated heterocycles. The minimum absolute atomic E-state index is 0.179. The molecule has 0 aliphatic carbocycles. The molecule has 0 bridgehead atoms. The van der Waals surface area contributed by atoms with E-state index in [0.29, 0.717) is 0 Å². The average molecular weight is 201 g/mol. The standard InChI is InChI=1S/C8H11NO3S/c1-5(2)6-4-13-8(12)9(6)3-7(10)11/h4-5H,3H2,1-2H3,(H,10,11). The molecular formula is C8H11NO3S. The third kappa shape index (κ3) is 2.18. The number of thiazole rings is 1. The Morgan fingerprint density at radius 3 is 2.77 bits per heavy atom. The molecule has 0 radical (unpaired) electrons. The van der Waals surface area contributed by atoms with Crippen molar-refractivity contribution in [3.8, 4) is 0 Å². The topological polar surface area (TPSA) is 59.3 Å². The van der Waals surface area contributed by atoms with E-state index in [9.17, 15) is 9.59 Å². The van der Waals surface area contributed by atoms with Gasteiger partial charge in [0.1, 0.15) is 6.54 Å². The molecule has 5 heteroatoms. The summed E-state index contributed by atoms with van der Waals surface area (Å²) in [5.74, 6) is -0.805. The number of carboxylic acid groups (broad SMARTS) is 1. The Morgan fingerprint density at radius 2 is 2.31 bits per heavy atom. The quantitative estimate of drug-likeness (QED) is 0.797. The van der Waals surface area contributed by atoms with Gasteiger partial charge in [-0.15, -0.1) is 0 Å². The van der Waals surface area contributed by atoms with Gasteiger partial charge in [0.05, 0.1) is 0 Å². The molecule has 1 rings (SSSR count). The molecule has 1 heterocycles. The van der Waals surface area contributed by atoms with Gasteiger partial charge in [0.2, 0.25) is 0 Å². The minimum atomic E-state index is -0.984. The number of carboxylic acids is 1. The first-order valence-electron chi connectivity index (χ1n) is 3.92. The highest BCUT2D eigenvalue weighted by Crippen LogP contribution is 2.14. The summed E-state index contributed by atoms with van der Waals surface area (Å²) in [5, 5.41) is 10.3. The molecule has 4 nitrogen and oxygen atoms in total. The van der Waals surface area contributed by atoms with Crippen LogP contribution in [0.4, 0.5) is 0 Å². The number of rotatable bonds is 3. The van der Waals surface area contributed by atoms with Crippen molar-refractivity contribution >= 4 is 17.3 Å². The lowest BCUT2D eigenvalue weighted by molar-refractivity contribution is -0.137. The zero-order valence-corrected chi connectivity index (χ0v) is 8.30. The molecule has 1 N–H and O–H groups in total. The summed E-state index contributed by atoms with van der Waals surface area (Å²) in [6.45, 7) is 3.62. The number of aliphatic carboxylic acids is 1. The molecule has 1 aromatic rings. The van der Waals surface area contributed by atoms with Crippen molar-refractivity contribution in [2.24, 2.45) is 0 Å². The molecule has 72 valence electrons. The monoisotopic (exact) mass is 201 g/mol. The maximum absolute atomic E-state index is 11.2. The van der Waals surface area contributed by atoms with Crippen LogP contribution >= 0.6 is 11.3 Å². The fraction of sp³-hybridized carbons (Fsp3) is 0.500. The van der Waals surface area contributed by atoms with E-state index in [1.165, 1.54) is 4.57 Å². The lowest BCUT2D eigenvalue weighted by Crippen LogP contribution is -2.21. The molecule has 13 heavy (non-hydrogen) atoms. The van der Waals surface area contributed by atoms with Gasteiger partial charge in [0.15, 0.2) is 0 Å². The Balaban J connectivity index is 3.09. The van der Waals surface area contributed by atoms with Crippen LogP contribution in [0.1, 0.15) is 25.5 Å². The molecule has 0 spiro atoms. The maximum Gasteiger partial charge on any atom is 0.323 e. The predicted octanol–water partition coefficient (Wildman–Crippen LogP) is 1.12. The number of hydrogen-bond donors (Lipinski definition) is 1. The Bertz CT molecular complexity index is 364. The average Bonchev–Trinajstić information content (AvgIpc) is 2.32. The number of carbonyl (C=O) groups is 1. The third-order valence-electron chi connectivity index (χ3n) is 1.70. The van der Waals surface area contributed by atoms with E-state index in [-0.39, 0.29) is 17.3 Å². The Labute approximate surface area is 79.4 Å². The normalized spacial score (nSPS) is 10.7. The second kappa shape index (κ2) is 3.74. The van der Waals surface area contributed by atoms with Gasteiger partial charge >= 0.3 is 10.8 Å². The van der Waals surface area contributed by atoms with E-state index in [2.05, 4.69) is 0 Å². The maximum atomic E-state index is 11.2. The fourth-order valence-corrected chi connectivity index (χ4v) is 2.00. The van der Waals surface area contributed by atoms with Crippen LogP contribution in [0, 0.1) is 0 Å².